The first-order valence-electron chi connectivity index (χ1n) is 8.80. The average molecular weight is 341 g/mol. The molecule has 6 heteroatoms. The third-order valence-electron chi connectivity index (χ3n) is 4.72. The topological polar surface area (TPSA) is 65.7 Å². The fourth-order valence-electron chi connectivity index (χ4n) is 3.17. The van der Waals surface area contributed by atoms with E-state index in [1.54, 1.807) is 7.05 Å². The third-order valence-corrected chi connectivity index (χ3v) is 4.72. The summed E-state index contributed by atoms with van der Waals surface area (Å²) in [6, 6.07) is 9.03. The van der Waals surface area contributed by atoms with Gasteiger partial charge in [-0.05, 0) is 38.8 Å². The van der Waals surface area contributed by atoms with E-state index < -0.39 is 0 Å². The van der Waals surface area contributed by atoms with E-state index in [1.165, 1.54) is 11.3 Å². The maximum Gasteiger partial charge on any atom is 0.214 e. The van der Waals surface area contributed by atoms with Gasteiger partial charge in [-0.1, -0.05) is 18.2 Å². The van der Waals surface area contributed by atoms with E-state index >= 15 is 0 Å². The Balaban J connectivity index is 1.51. The highest BCUT2D eigenvalue weighted by atomic mass is 16.4. The number of para-hydroxylation sites is 1. The highest BCUT2D eigenvalue weighted by Gasteiger charge is 2.22. The van der Waals surface area contributed by atoms with Crippen LogP contribution in [-0.4, -0.2) is 37.1 Å². The summed E-state index contributed by atoms with van der Waals surface area (Å²) in [6.07, 6.45) is 1.12. The van der Waals surface area contributed by atoms with Crippen molar-refractivity contribution in [2.24, 2.45) is 4.99 Å². The molecule has 6 nitrogen and oxygen atoms in total. The van der Waals surface area contributed by atoms with Crippen LogP contribution in [0.3, 0.4) is 0 Å². The first-order chi connectivity index (χ1) is 12.1. The number of fused-ring (bicyclic) bond motifs is 1. The number of guanidine groups is 1. The van der Waals surface area contributed by atoms with E-state index in [2.05, 4.69) is 56.7 Å². The summed E-state index contributed by atoms with van der Waals surface area (Å²) >= 11 is 0. The van der Waals surface area contributed by atoms with Crippen molar-refractivity contribution in [3.8, 4) is 0 Å². The fourth-order valence-corrected chi connectivity index (χ4v) is 3.17. The Hall–Kier alpha value is -2.50. The number of benzene rings is 1. The van der Waals surface area contributed by atoms with Crippen molar-refractivity contribution in [3.05, 3.63) is 47.2 Å². The van der Waals surface area contributed by atoms with Gasteiger partial charge in [0.05, 0.1) is 12.2 Å². The van der Waals surface area contributed by atoms with Gasteiger partial charge in [-0.2, -0.15) is 0 Å². The molecule has 0 saturated heterocycles. The van der Waals surface area contributed by atoms with Crippen LogP contribution < -0.4 is 15.5 Å². The van der Waals surface area contributed by atoms with E-state index in [4.69, 9.17) is 4.42 Å². The van der Waals surface area contributed by atoms with E-state index in [0.717, 1.165) is 36.9 Å². The zero-order valence-electron chi connectivity index (χ0n) is 15.5. The van der Waals surface area contributed by atoms with Gasteiger partial charge in [-0.3, -0.25) is 4.99 Å². The van der Waals surface area contributed by atoms with Crippen molar-refractivity contribution in [3.63, 3.8) is 0 Å². The second-order valence-electron chi connectivity index (χ2n) is 6.48. The number of nitrogens with one attached hydrogen (secondary N) is 2. The summed E-state index contributed by atoms with van der Waals surface area (Å²) in [6.45, 7) is 8.53. The van der Waals surface area contributed by atoms with Crippen molar-refractivity contribution in [2.75, 3.05) is 25.0 Å². The summed E-state index contributed by atoms with van der Waals surface area (Å²) in [5, 5.41) is 6.65. The molecule has 0 radical (unpaired) electrons. The Morgan fingerprint density at radius 2 is 2.12 bits per heavy atom. The standard InChI is InChI=1S/C19H27N5O/c1-13(24-10-9-16-7-5-6-8-17(16)24)11-21-19(20-4)22-12-18-23-14(2)15(3)25-18/h5-8,13H,9-12H2,1-4H3,(H2,20,21,22). The Morgan fingerprint density at radius 1 is 1.32 bits per heavy atom. The van der Waals surface area contributed by atoms with Crippen LogP contribution in [0, 0.1) is 13.8 Å². The quantitative estimate of drug-likeness (QED) is 0.646. The van der Waals surface area contributed by atoms with Crippen LogP contribution in [-0.2, 0) is 13.0 Å². The largest absolute Gasteiger partial charge is 0.444 e. The van der Waals surface area contributed by atoms with Crippen molar-refractivity contribution in [2.45, 2.75) is 39.8 Å². The van der Waals surface area contributed by atoms with Crippen LogP contribution in [0.4, 0.5) is 5.69 Å². The molecule has 25 heavy (non-hydrogen) atoms. The monoisotopic (exact) mass is 341 g/mol. The van der Waals surface area contributed by atoms with Crippen LogP contribution in [0.1, 0.15) is 29.8 Å². The molecule has 0 fully saturated rings. The van der Waals surface area contributed by atoms with Gasteiger partial charge in [0, 0.05) is 31.9 Å². The molecule has 3 rings (SSSR count). The number of rotatable bonds is 5. The van der Waals surface area contributed by atoms with E-state index in [0.29, 0.717) is 18.5 Å². The molecule has 1 aliphatic rings. The highest BCUT2D eigenvalue weighted by Crippen LogP contribution is 2.28. The molecule has 1 aromatic carbocycles. The summed E-state index contributed by atoms with van der Waals surface area (Å²) < 4.78 is 5.59. The molecule has 1 aromatic heterocycles. The van der Waals surface area contributed by atoms with Gasteiger partial charge in [0.2, 0.25) is 5.89 Å². The zero-order valence-corrected chi connectivity index (χ0v) is 15.5. The Labute approximate surface area is 149 Å². The first kappa shape index (κ1) is 17.3. The lowest BCUT2D eigenvalue weighted by Crippen LogP contribution is -2.45. The Bertz CT molecular complexity index is 733. The minimum absolute atomic E-state index is 0.383. The second-order valence-corrected chi connectivity index (χ2v) is 6.48. The Morgan fingerprint density at radius 3 is 2.84 bits per heavy atom. The van der Waals surface area contributed by atoms with Gasteiger partial charge in [0.25, 0.3) is 0 Å². The number of nitrogens with zero attached hydrogens (tertiary/aromatic N) is 3. The molecule has 134 valence electrons. The van der Waals surface area contributed by atoms with Gasteiger partial charge < -0.3 is 20.0 Å². The molecule has 0 aliphatic carbocycles. The van der Waals surface area contributed by atoms with Crippen LogP contribution in [0.5, 0.6) is 0 Å². The number of aryl methyl sites for hydroxylation is 2. The molecule has 0 bridgehead atoms. The second kappa shape index (κ2) is 7.59. The predicted octanol–water partition coefficient (Wildman–Crippen LogP) is 2.41. The van der Waals surface area contributed by atoms with E-state index in [9.17, 15) is 0 Å². The molecule has 2 N–H and O–H groups in total. The van der Waals surface area contributed by atoms with Gasteiger partial charge in [0.1, 0.15) is 5.76 Å². The van der Waals surface area contributed by atoms with Crippen molar-refractivity contribution in [1.82, 2.24) is 15.6 Å². The molecule has 2 aromatic rings. The van der Waals surface area contributed by atoms with Crippen LogP contribution in [0.25, 0.3) is 0 Å². The van der Waals surface area contributed by atoms with Gasteiger partial charge >= 0.3 is 0 Å². The number of hydrogen-bond donors (Lipinski definition) is 2. The molecule has 0 saturated carbocycles. The molecule has 0 amide bonds. The van der Waals surface area contributed by atoms with Gasteiger partial charge in [-0.25, -0.2) is 4.98 Å². The van der Waals surface area contributed by atoms with Crippen LogP contribution >= 0.6 is 0 Å². The lowest BCUT2D eigenvalue weighted by Gasteiger charge is -2.28. The minimum Gasteiger partial charge on any atom is -0.444 e. The normalized spacial score (nSPS) is 15.2. The van der Waals surface area contributed by atoms with E-state index in [1.807, 2.05) is 13.8 Å². The fraction of sp³-hybridized carbons (Fsp3) is 0.474. The summed E-state index contributed by atoms with van der Waals surface area (Å²) in [4.78, 5) is 11.1. The smallest absolute Gasteiger partial charge is 0.214 e. The summed E-state index contributed by atoms with van der Waals surface area (Å²) in [5.74, 6) is 2.30. The van der Waals surface area contributed by atoms with E-state index in [-0.39, 0.29) is 0 Å². The molecular weight excluding hydrogens is 314 g/mol. The molecule has 1 atom stereocenters. The van der Waals surface area contributed by atoms with Crippen molar-refractivity contribution in [1.29, 1.82) is 0 Å². The zero-order chi connectivity index (χ0) is 17.8. The predicted molar refractivity (Wildman–Crippen MR) is 101 cm³/mol. The average Bonchev–Trinajstić information content (AvgIpc) is 3.18. The molecule has 2 heterocycles. The maximum atomic E-state index is 5.59. The number of oxazole rings is 1. The minimum atomic E-state index is 0.383. The number of anilines is 1. The van der Waals surface area contributed by atoms with Crippen molar-refractivity contribution >= 4 is 11.6 Å². The molecular formula is C19H27N5O. The lowest BCUT2D eigenvalue weighted by molar-refractivity contribution is 0.463. The SMILES string of the molecule is CN=C(NCc1nc(C)c(C)o1)NCC(C)N1CCc2ccccc21. The Kier molecular flexibility index (Phi) is 5.26. The summed E-state index contributed by atoms with van der Waals surface area (Å²) in [7, 11) is 1.78. The molecule has 0 spiro atoms. The number of aromatic nitrogens is 1. The molecule has 1 unspecified atom stereocenters. The number of hydrogen-bond acceptors (Lipinski definition) is 4. The first-order valence-corrected chi connectivity index (χ1v) is 8.80. The van der Waals surface area contributed by atoms with Gasteiger partial charge in [0.15, 0.2) is 5.96 Å². The summed E-state index contributed by atoms with van der Waals surface area (Å²) in [5.41, 5.74) is 3.72. The lowest BCUT2D eigenvalue weighted by atomic mass is 10.2. The van der Waals surface area contributed by atoms with Crippen molar-refractivity contribution < 1.29 is 4.42 Å². The molecule has 1 aliphatic heterocycles. The highest BCUT2D eigenvalue weighted by molar-refractivity contribution is 5.79. The van der Waals surface area contributed by atoms with Crippen LogP contribution in [0.15, 0.2) is 33.7 Å². The maximum absolute atomic E-state index is 5.59. The van der Waals surface area contributed by atoms with Crippen LogP contribution in [0.2, 0.25) is 0 Å². The van der Waals surface area contributed by atoms with Gasteiger partial charge in [-0.15, -0.1) is 0 Å². The number of aliphatic imine (C=N–C) groups is 1. The third kappa shape index (κ3) is 3.95.